The topological polar surface area (TPSA) is 67.2 Å². The van der Waals surface area contributed by atoms with Crippen molar-refractivity contribution < 1.29 is 9.59 Å². The molecular weight excluding hydrogens is 455 g/mol. The number of amides is 2. The van der Waals surface area contributed by atoms with E-state index in [1.165, 1.54) is 27.8 Å². The summed E-state index contributed by atoms with van der Waals surface area (Å²) in [5.41, 5.74) is 3.72. The zero-order valence-corrected chi connectivity index (χ0v) is 19.7. The minimum atomic E-state index is -0.382. The maximum atomic E-state index is 12.5. The zero-order valence-electron chi connectivity index (χ0n) is 17.4. The molecule has 2 aromatic carbocycles. The monoisotopic (exact) mass is 476 g/mol. The van der Waals surface area contributed by atoms with Crippen molar-refractivity contribution in [2.75, 3.05) is 24.7 Å². The van der Waals surface area contributed by atoms with Crippen molar-refractivity contribution in [3.63, 3.8) is 0 Å². The van der Waals surface area contributed by atoms with E-state index in [9.17, 15) is 9.59 Å². The highest BCUT2D eigenvalue weighted by atomic mass is 35.5. The first-order chi connectivity index (χ1) is 14.8. The fourth-order valence-corrected chi connectivity index (χ4v) is 4.21. The summed E-state index contributed by atoms with van der Waals surface area (Å²) in [6.07, 6.45) is 3.56. The van der Waals surface area contributed by atoms with Gasteiger partial charge in [0.2, 0.25) is 11.8 Å². The quantitative estimate of drug-likeness (QED) is 0.488. The number of carbonyl (C=O) groups is 2. The molecule has 1 aromatic heterocycles. The molecule has 1 N–H and O–H groups in total. The molecule has 1 heterocycles. The lowest BCUT2D eigenvalue weighted by Crippen LogP contribution is -2.36. The molecule has 3 aromatic rings. The number of likely N-dealkylation sites (N-methyl/N-ethyl adjacent to an activating group) is 1. The maximum Gasteiger partial charge on any atom is 0.244 e. The third-order valence-electron chi connectivity index (χ3n) is 4.73. The maximum absolute atomic E-state index is 12.5. The third-order valence-corrected chi connectivity index (χ3v) is 6.32. The Bertz CT molecular complexity index is 1100. The molecule has 31 heavy (non-hydrogen) atoms. The van der Waals surface area contributed by atoms with Crippen LogP contribution in [-0.4, -0.2) is 45.6 Å². The van der Waals surface area contributed by atoms with E-state index < -0.39 is 0 Å². The molecule has 0 saturated carbocycles. The van der Waals surface area contributed by atoms with Gasteiger partial charge in [-0.1, -0.05) is 47.1 Å². The van der Waals surface area contributed by atoms with Gasteiger partial charge in [-0.3, -0.25) is 14.2 Å². The van der Waals surface area contributed by atoms with Crippen LogP contribution in [0.5, 0.6) is 0 Å². The Balaban J connectivity index is 1.58. The van der Waals surface area contributed by atoms with Gasteiger partial charge in [-0.25, -0.2) is 4.98 Å². The van der Waals surface area contributed by atoms with Crippen LogP contribution in [-0.2, 0) is 9.59 Å². The van der Waals surface area contributed by atoms with Crippen molar-refractivity contribution in [1.29, 1.82) is 0 Å². The Morgan fingerprint density at radius 3 is 2.52 bits per heavy atom. The van der Waals surface area contributed by atoms with Gasteiger partial charge in [-0.2, -0.15) is 0 Å². The molecule has 0 saturated heterocycles. The molecule has 0 aliphatic carbocycles. The predicted octanol–water partition coefficient (Wildman–Crippen LogP) is 4.99. The van der Waals surface area contributed by atoms with Crippen LogP contribution in [0.4, 0.5) is 5.69 Å². The molecule has 162 valence electrons. The lowest BCUT2D eigenvalue weighted by Gasteiger charge is -2.17. The summed E-state index contributed by atoms with van der Waals surface area (Å²) < 4.78 is 1.94. The molecule has 0 bridgehead atoms. The number of benzene rings is 2. The van der Waals surface area contributed by atoms with Crippen LogP contribution in [0.2, 0.25) is 10.0 Å². The summed E-state index contributed by atoms with van der Waals surface area (Å²) in [4.78, 5) is 30.6. The number of hydrogen-bond donors (Lipinski definition) is 1. The minimum Gasteiger partial charge on any atom is -0.336 e. The van der Waals surface area contributed by atoms with Crippen LogP contribution in [0.3, 0.4) is 0 Å². The summed E-state index contributed by atoms with van der Waals surface area (Å²) in [6, 6.07) is 11.1. The molecular formula is C22H22Cl2N4O2S. The Morgan fingerprint density at radius 1 is 1.13 bits per heavy atom. The molecule has 6 nitrogen and oxygen atoms in total. The second-order valence-electron chi connectivity index (χ2n) is 7.03. The van der Waals surface area contributed by atoms with Gasteiger partial charge in [0, 0.05) is 25.1 Å². The number of imidazole rings is 1. The number of hydrogen-bond acceptors (Lipinski definition) is 4. The van der Waals surface area contributed by atoms with Gasteiger partial charge in [-0.05, 0) is 49.2 Å². The highest BCUT2D eigenvalue weighted by Crippen LogP contribution is 2.29. The second kappa shape index (κ2) is 10.2. The number of para-hydroxylation sites is 1. The van der Waals surface area contributed by atoms with Crippen LogP contribution in [0.1, 0.15) is 11.1 Å². The van der Waals surface area contributed by atoms with E-state index in [1.807, 2.05) is 16.8 Å². The van der Waals surface area contributed by atoms with Crippen molar-refractivity contribution in [2.45, 2.75) is 19.0 Å². The fraction of sp³-hybridized carbons (Fsp3) is 0.227. The summed E-state index contributed by atoms with van der Waals surface area (Å²) in [5, 5.41) is 4.03. The van der Waals surface area contributed by atoms with Gasteiger partial charge < -0.3 is 10.2 Å². The number of aryl methyl sites for hydroxylation is 2. The van der Waals surface area contributed by atoms with Crippen LogP contribution < -0.4 is 5.32 Å². The summed E-state index contributed by atoms with van der Waals surface area (Å²) >= 11 is 13.5. The minimum absolute atomic E-state index is 0.119. The highest BCUT2D eigenvalue weighted by molar-refractivity contribution is 7.99. The van der Waals surface area contributed by atoms with Gasteiger partial charge in [0.25, 0.3) is 0 Å². The average Bonchev–Trinajstić information content (AvgIpc) is 3.19. The lowest BCUT2D eigenvalue weighted by atomic mass is 10.1. The largest absolute Gasteiger partial charge is 0.336 e. The van der Waals surface area contributed by atoms with Gasteiger partial charge in [0.05, 0.1) is 28.0 Å². The summed E-state index contributed by atoms with van der Waals surface area (Å²) in [7, 11) is 1.58. The van der Waals surface area contributed by atoms with Gasteiger partial charge in [0.1, 0.15) is 0 Å². The standard InChI is InChI=1S/C22H22Cl2N4O2S/c1-14-7-8-16(11-15(14)2)28-10-9-25-22(28)31-13-20(30)27(3)12-19(29)26-21-17(23)5-4-6-18(21)24/h4-11H,12-13H2,1-3H3,(H,26,29). The zero-order chi connectivity index (χ0) is 22.5. The highest BCUT2D eigenvalue weighted by Gasteiger charge is 2.17. The molecule has 0 fully saturated rings. The Hall–Kier alpha value is -2.48. The molecule has 0 unspecified atom stereocenters. The number of rotatable bonds is 7. The van der Waals surface area contributed by atoms with Crippen molar-refractivity contribution in [1.82, 2.24) is 14.5 Å². The number of anilines is 1. The van der Waals surface area contributed by atoms with Gasteiger partial charge >= 0.3 is 0 Å². The molecule has 0 aliphatic heterocycles. The molecule has 3 rings (SSSR count). The molecule has 0 aliphatic rings. The summed E-state index contributed by atoms with van der Waals surface area (Å²) in [6.45, 7) is 4.00. The predicted molar refractivity (Wildman–Crippen MR) is 126 cm³/mol. The van der Waals surface area contributed by atoms with E-state index in [0.29, 0.717) is 20.9 Å². The van der Waals surface area contributed by atoms with Crippen LogP contribution in [0.15, 0.2) is 53.9 Å². The first kappa shape index (κ1) is 23.2. The number of nitrogens with zero attached hydrogens (tertiary/aromatic N) is 3. The number of aromatic nitrogens is 2. The van der Waals surface area contributed by atoms with Crippen molar-refractivity contribution in [2.24, 2.45) is 0 Å². The van der Waals surface area contributed by atoms with Gasteiger partial charge in [0.15, 0.2) is 5.16 Å². The molecule has 0 radical (unpaired) electrons. The van der Waals surface area contributed by atoms with Gasteiger partial charge in [-0.15, -0.1) is 0 Å². The Morgan fingerprint density at radius 2 is 1.84 bits per heavy atom. The first-order valence-corrected chi connectivity index (χ1v) is 11.2. The van der Waals surface area contributed by atoms with Crippen molar-refractivity contribution in [3.8, 4) is 5.69 Å². The number of halogens is 2. The van der Waals surface area contributed by atoms with Crippen molar-refractivity contribution >= 4 is 52.5 Å². The Labute approximate surface area is 195 Å². The van der Waals surface area contributed by atoms with Crippen LogP contribution >= 0.6 is 35.0 Å². The van der Waals surface area contributed by atoms with E-state index in [4.69, 9.17) is 23.2 Å². The van der Waals surface area contributed by atoms with E-state index in [0.717, 1.165) is 5.69 Å². The fourth-order valence-electron chi connectivity index (χ4n) is 2.80. The molecule has 0 atom stereocenters. The number of carbonyl (C=O) groups excluding carboxylic acids is 2. The lowest BCUT2D eigenvalue weighted by molar-refractivity contribution is -0.131. The number of thioether (sulfide) groups is 1. The van der Waals surface area contributed by atoms with E-state index in [1.54, 1.807) is 31.4 Å². The van der Waals surface area contributed by atoms with Crippen LogP contribution in [0.25, 0.3) is 5.69 Å². The molecule has 0 spiro atoms. The smallest absolute Gasteiger partial charge is 0.244 e. The summed E-state index contributed by atoms with van der Waals surface area (Å²) in [5.74, 6) is -0.425. The van der Waals surface area contributed by atoms with E-state index >= 15 is 0 Å². The Kier molecular flexibility index (Phi) is 7.64. The number of nitrogens with one attached hydrogen (secondary N) is 1. The molecule has 2 amide bonds. The van der Waals surface area contributed by atoms with Crippen molar-refractivity contribution in [3.05, 3.63) is 70.0 Å². The van der Waals surface area contributed by atoms with E-state index in [-0.39, 0.29) is 24.1 Å². The SMILES string of the molecule is Cc1ccc(-n2ccnc2SCC(=O)N(C)CC(=O)Nc2c(Cl)cccc2Cl)cc1C. The third kappa shape index (κ3) is 5.81. The second-order valence-corrected chi connectivity index (χ2v) is 8.79. The first-order valence-electron chi connectivity index (χ1n) is 9.48. The van der Waals surface area contributed by atoms with Crippen LogP contribution in [0, 0.1) is 13.8 Å². The normalized spacial score (nSPS) is 10.7. The average molecular weight is 477 g/mol. The van der Waals surface area contributed by atoms with E-state index in [2.05, 4.69) is 36.3 Å². The molecule has 9 heteroatoms.